The van der Waals surface area contributed by atoms with E-state index < -0.39 is 6.10 Å². The van der Waals surface area contributed by atoms with Gasteiger partial charge in [0.2, 0.25) is 0 Å². The standard InChI is InChI=1S/C21H30N2O2S/c1-16-6-7-17(13-22-16)20(2,3)23-11-10-21(15-23,19(25)14-24)9-8-18-5-4-12-26-18/h4-7,12-13,19,24-25H,8-11,14-15H2,1-3H3/t19-,21?/m0/s1. The highest BCUT2D eigenvalue weighted by Gasteiger charge is 2.47. The van der Waals surface area contributed by atoms with E-state index in [0.717, 1.165) is 38.0 Å². The molecule has 0 amide bonds. The molecule has 1 aliphatic heterocycles. The van der Waals surface area contributed by atoms with Crippen molar-refractivity contribution in [2.75, 3.05) is 19.7 Å². The van der Waals surface area contributed by atoms with Crippen molar-refractivity contribution in [2.24, 2.45) is 5.41 Å². The van der Waals surface area contributed by atoms with Crippen LogP contribution in [-0.2, 0) is 12.0 Å². The Kier molecular flexibility index (Phi) is 5.82. The molecule has 0 bridgehead atoms. The van der Waals surface area contributed by atoms with E-state index >= 15 is 0 Å². The van der Waals surface area contributed by atoms with E-state index in [4.69, 9.17) is 0 Å². The van der Waals surface area contributed by atoms with E-state index in [2.05, 4.69) is 53.4 Å². The summed E-state index contributed by atoms with van der Waals surface area (Å²) in [7, 11) is 0. The van der Waals surface area contributed by atoms with Crippen LogP contribution in [-0.4, -0.2) is 45.9 Å². The minimum atomic E-state index is -0.681. The van der Waals surface area contributed by atoms with Crippen LogP contribution in [0.25, 0.3) is 0 Å². The molecule has 2 aromatic rings. The number of aryl methyl sites for hydroxylation is 2. The second-order valence-electron chi connectivity index (χ2n) is 8.06. The van der Waals surface area contributed by atoms with Gasteiger partial charge in [-0.3, -0.25) is 9.88 Å². The van der Waals surface area contributed by atoms with Crippen molar-refractivity contribution >= 4 is 11.3 Å². The van der Waals surface area contributed by atoms with E-state index in [-0.39, 0.29) is 17.6 Å². The number of thiophene rings is 1. The first kappa shape index (κ1) is 19.5. The highest BCUT2D eigenvalue weighted by molar-refractivity contribution is 7.09. The Hall–Kier alpha value is -1.27. The molecule has 2 aromatic heterocycles. The summed E-state index contributed by atoms with van der Waals surface area (Å²) in [5.41, 5.74) is 1.80. The van der Waals surface area contributed by atoms with Gasteiger partial charge in [-0.25, -0.2) is 0 Å². The van der Waals surface area contributed by atoms with Gasteiger partial charge in [-0.05, 0) is 69.7 Å². The number of hydrogen-bond acceptors (Lipinski definition) is 5. The smallest absolute Gasteiger partial charge is 0.0839 e. The van der Waals surface area contributed by atoms with Gasteiger partial charge in [0.15, 0.2) is 0 Å². The van der Waals surface area contributed by atoms with Gasteiger partial charge < -0.3 is 10.2 Å². The maximum absolute atomic E-state index is 10.6. The van der Waals surface area contributed by atoms with Crippen LogP contribution in [0.2, 0.25) is 0 Å². The Bertz CT molecular complexity index is 699. The largest absolute Gasteiger partial charge is 0.394 e. The molecule has 1 saturated heterocycles. The number of pyridine rings is 1. The lowest BCUT2D eigenvalue weighted by atomic mass is 9.77. The third kappa shape index (κ3) is 3.86. The van der Waals surface area contributed by atoms with Crippen LogP contribution in [0.5, 0.6) is 0 Å². The molecule has 4 nitrogen and oxygen atoms in total. The summed E-state index contributed by atoms with van der Waals surface area (Å²) >= 11 is 1.76. The molecule has 0 aliphatic carbocycles. The molecule has 1 unspecified atom stereocenters. The van der Waals surface area contributed by atoms with Crippen LogP contribution in [0.4, 0.5) is 0 Å². The molecule has 5 heteroatoms. The average Bonchev–Trinajstić information content (AvgIpc) is 3.30. The zero-order valence-corrected chi connectivity index (χ0v) is 16.8. The first-order valence-corrected chi connectivity index (χ1v) is 10.2. The SMILES string of the molecule is Cc1ccc(C(C)(C)N2CCC(CCc3cccs3)([C@@H](O)CO)C2)cn1. The monoisotopic (exact) mass is 374 g/mol. The number of nitrogens with zero attached hydrogens (tertiary/aromatic N) is 2. The lowest BCUT2D eigenvalue weighted by Crippen LogP contribution is -2.45. The number of rotatable bonds is 7. The summed E-state index contributed by atoms with van der Waals surface area (Å²) in [6, 6.07) is 8.43. The van der Waals surface area contributed by atoms with Crippen molar-refractivity contribution in [3.05, 3.63) is 52.0 Å². The highest BCUT2D eigenvalue weighted by atomic mass is 32.1. The Morgan fingerprint density at radius 2 is 2.15 bits per heavy atom. The predicted molar refractivity (Wildman–Crippen MR) is 106 cm³/mol. The third-order valence-corrected chi connectivity index (χ3v) is 7.06. The normalized spacial score (nSPS) is 22.7. The van der Waals surface area contributed by atoms with E-state index in [1.165, 1.54) is 10.4 Å². The maximum Gasteiger partial charge on any atom is 0.0839 e. The summed E-state index contributed by atoms with van der Waals surface area (Å²) in [5.74, 6) is 0. The highest BCUT2D eigenvalue weighted by Crippen LogP contribution is 2.43. The number of likely N-dealkylation sites (tertiary alicyclic amines) is 1. The first-order chi connectivity index (χ1) is 12.4. The van der Waals surface area contributed by atoms with E-state index in [0.29, 0.717) is 0 Å². The molecule has 1 aliphatic rings. The summed E-state index contributed by atoms with van der Waals surface area (Å²) in [6.07, 6.45) is 4.04. The molecule has 2 N–H and O–H groups in total. The maximum atomic E-state index is 10.6. The first-order valence-electron chi connectivity index (χ1n) is 9.37. The molecular weight excluding hydrogens is 344 g/mol. The van der Waals surface area contributed by atoms with Gasteiger partial charge in [0, 0.05) is 34.3 Å². The summed E-state index contributed by atoms with van der Waals surface area (Å²) < 4.78 is 0. The molecule has 0 radical (unpaired) electrons. The molecule has 3 heterocycles. The average molecular weight is 375 g/mol. The molecule has 2 atom stereocenters. The van der Waals surface area contributed by atoms with E-state index in [1.54, 1.807) is 11.3 Å². The fourth-order valence-corrected chi connectivity index (χ4v) is 4.76. The van der Waals surface area contributed by atoms with Crippen molar-refractivity contribution in [2.45, 2.75) is 51.7 Å². The minimum Gasteiger partial charge on any atom is -0.394 e. The predicted octanol–water partition coefficient (Wildman–Crippen LogP) is 3.36. The summed E-state index contributed by atoms with van der Waals surface area (Å²) in [5, 5.41) is 22.4. The Labute approximate surface area is 160 Å². The zero-order valence-electron chi connectivity index (χ0n) is 16.0. The van der Waals surface area contributed by atoms with Crippen LogP contribution >= 0.6 is 11.3 Å². The molecule has 26 heavy (non-hydrogen) atoms. The van der Waals surface area contributed by atoms with Gasteiger partial charge in [0.1, 0.15) is 0 Å². The fraction of sp³-hybridized carbons (Fsp3) is 0.571. The molecule has 0 spiro atoms. The molecule has 1 fully saturated rings. The second kappa shape index (κ2) is 7.77. The van der Waals surface area contributed by atoms with Crippen LogP contribution in [0.3, 0.4) is 0 Å². The quantitative estimate of drug-likeness (QED) is 0.780. The van der Waals surface area contributed by atoms with Crippen molar-refractivity contribution in [3.63, 3.8) is 0 Å². The number of aliphatic hydroxyl groups excluding tert-OH is 2. The summed E-state index contributed by atoms with van der Waals surface area (Å²) in [6.45, 7) is 7.98. The molecule has 0 saturated carbocycles. The van der Waals surface area contributed by atoms with Gasteiger partial charge in [0.05, 0.1) is 12.7 Å². The van der Waals surface area contributed by atoms with Crippen molar-refractivity contribution < 1.29 is 10.2 Å². The Balaban J connectivity index is 1.78. The topological polar surface area (TPSA) is 56.6 Å². The minimum absolute atomic E-state index is 0.152. The van der Waals surface area contributed by atoms with Crippen LogP contribution in [0, 0.1) is 12.3 Å². The van der Waals surface area contributed by atoms with E-state index in [9.17, 15) is 10.2 Å². The van der Waals surface area contributed by atoms with Gasteiger partial charge in [-0.2, -0.15) is 0 Å². The fourth-order valence-electron chi connectivity index (χ4n) is 4.05. The molecule has 142 valence electrons. The third-order valence-electron chi connectivity index (χ3n) is 6.12. The van der Waals surface area contributed by atoms with E-state index in [1.807, 2.05) is 13.1 Å². The zero-order chi connectivity index (χ0) is 18.8. The Morgan fingerprint density at radius 3 is 2.77 bits per heavy atom. The van der Waals surface area contributed by atoms with Crippen LogP contribution in [0.15, 0.2) is 35.8 Å². The van der Waals surface area contributed by atoms with Crippen LogP contribution in [0.1, 0.15) is 42.8 Å². The molecule has 3 rings (SSSR count). The van der Waals surface area contributed by atoms with Gasteiger partial charge in [-0.1, -0.05) is 12.1 Å². The van der Waals surface area contributed by atoms with Crippen LogP contribution < -0.4 is 0 Å². The molecule has 0 aromatic carbocycles. The number of aliphatic hydroxyl groups is 2. The lowest BCUT2D eigenvalue weighted by Gasteiger charge is -2.39. The molecular formula is C21H30N2O2S. The number of hydrogen-bond donors (Lipinski definition) is 2. The second-order valence-corrected chi connectivity index (χ2v) is 9.09. The summed E-state index contributed by atoms with van der Waals surface area (Å²) in [4.78, 5) is 8.24. The van der Waals surface area contributed by atoms with Crippen molar-refractivity contribution in [1.82, 2.24) is 9.88 Å². The van der Waals surface area contributed by atoms with Gasteiger partial charge in [-0.15, -0.1) is 11.3 Å². The van der Waals surface area contributed by atoms with Gasteiger partial charge in [0.25, 0.3) is 0 Å². The van der Waals surface area contributed by atoms with Crippen molar-refractivity contribution in [1.29, 1.82) is 0 Å². The lowest BCUT2D eigenvalue weighted by molar-refractivity contribution is -0.0217. The number of aromatic nitrogens is 1. The van der Waals surface area contributed by atoms with Gasteiger partial charge >= 0.3 is 0 Å². The Morgan fingerprint density at radius 1 is 1.35 bits per heavy atom. The van der Waals surface area contributed by atoms with Crippen molar-refractivity contribution in [3.8, 4) is 0 Å².